The molecule has 2 heterocycles. The number of pyridine rings is 1. The minimum absolute atomic E-state index is 0.0421. The Morgan fingerprint density at radius 3 is 2.37 bits per heavy atom. The quantitative estimate of drug-likeness (QED) is 0.432. The molecule has 1 aromatic carbocycles. The highest BCUT2D eigenvalue weighted by molar-refractivity contribution is 5.93. The Balaban J connectivity index is 1.29. The summed E-state index contributed by atoms with van der Waals surface area (Å²) >= 11 is 0. The second-order valence-electron chi connectivity index (χ2n) is 9.90. The van der Waals surface area contributed by atoms with Crippen LogP contribution in [0.4, 0.5) is 11.7 Å². The number of aliphatic carboxylic acids is 1. The zero-order valence-electron chi connectivity index (χ0n) is 20.2. The van der Waals surface area contributed by atoms with Crippen molar-refractivity contribution in [2.24, 2.45) is 5.92 Å². The van der Waals surface area contributed by atoms with Crippen LogP contribution in [0.15, 0.2) is 47.0 Å². The Kier molecular flexibility index (Phi) is 7.14. The summed E-state index contributed by atoms with van der Waals surface area (Å²) in [5.74, 6) is -0.952. The van der Waals surface area contributed by atoms with Gasteiger partial charge in [0.05, 0.1) is 5.92 Å². The molecule has 0 bridgehead atoms. The third-order valence-corrected chi connectivity index (χ3v) is 6.14. The second kappa shape index (κ2) is 10.2. The van der Waals surface area contributed by atoms with Crippen molar-refractivity contribution < 1.29 is 23.8 Å². The molecule has 0 aliphatic heterocycles. The highest BCUT2D eigenvalue weighted by atomic mass is 16.5. The maximum absolute atomic E-state index is 12.6. The summed E-state index contributed by atoms with van der Waals surface area (Å²) in [6.07, 6.45) is 4.20. The Morgan fingerprint density at radius 1 is 1.06 bits per heavy atom. The van der Waals surface area contributed by atoms with Crippen LogP contribution in [0.5, 0.6) is 5.88 Å². The van der Waals surface area contributed by atoms with Crippen molar-refractivity contribution in [2.75, 3.05) is 5.32 Å². The normalized spacial score (nSPS) is 18.1. The summed E-state index contributed by atoms with van der Waals surface area (Å²) in [7, 11) is 0. The summed E-state index contributed by atoms with van der Waals surface area (Å²) < 4.78 is 11.4. The summed E-state index contributed by atoms with van der Waals surface area (Å²) in [4.78, 5) is 28.0. The first-order valence-corrected chi connectivity index (χ1v) is 11.8. The maximum atomic E-state index is 12.6. The van der Waals surface area contributed by atoms with Crippen LogP contribution in [0.3, 0.4) is 0 Å². The van der Waals surface area contributed by atoms with Gasteiger partial charge in [-0.15, -0.1) is 5.10 Å². The van der Waals surface area contributed by atoms with E-state index < -0.39 is 5.97 Å². The molecule has 1 aliphatic rings. The zero-order chi connectivity index (χ0) is 25.0. The van der Waals surface area contributed by atoms with Gasteiger partial charge in [0.15, 0.2) is 0 Å². The van der Waals surface area contributed by atoms with Crippen molar-refractivity contribution in [3.8, 4) is 5.88 Å². The number of carboxylic acids is 1. The molecule has 2 aromatic heterocycles. The first-order valence-electron chi connectivity index (χ1n) is 11.8. The SMILES string of the molecule is CC(C)(C)c1ccc(Nc2nnc(C(=O)Cc3ccc(OC4CCC(C(=O)O)CC4)nc3)o2)cc1. The van der Waals surface area contributed by atoms with Crippen LogP contribution < -0.4 is 10.1 Å². The van der Waals surface area contributed by atoms with E-state index in [2.05, 4.69) is 41.3 Å². The number of carbonyl (C=O) groups excluding carboxylic acids is 1. The van der Waals surface area contributed by atoms with Crippen molar-refractivity contribution in [3.63, 3.8) is 0 Å². The Hall–Kier alpha value is -3.75. The molecule has 0 radical (unpaired) electrons. The lowest BCUT2D eigenvalue weighted by atomic mass is 9.87. The summed E-state index contributed by atoms with van der Waals surface area (Å²) in [6, 6.07) is 11.6. The fourth-order valence-corrected chi connectivity index (χ4v) is 4.01. The topological polar surface area (TPSA) is 127 Å². The molecule has 9 heteroatoms. The first-order chi connectivity index (χ1) is 16.7. The number of nitrogens with zero attached hydrogens (tertiary/aromatic N) is 3. The van der Waals surface area contributed by atoms with Crippen molar-refractivity contribution in [3.05, 3.63) is 59.6 Å². The van der Waals surface area contributed by atoms with Crippen molar-refractivity contribution in [1.29, 1.82) is 0 Å². The van der Waals surface area contributed by atoms with Gasteiger partial charge in [-0.25, -0.2) is 4.98 Å². The van der Waals surface area contributed by atoms with Crippen LogP contribution in [-0.2, 0) is 16.6 Å². The lowest BCUT2D eigenvalue weighted by molar-refractivity contribution is -0.143. The molecule has 2 N–H and O–H groups in total. The highest BCUT2D eigenvalue weighted by Crippen LogP contribution is 2.28. The molecule has 184 valence electrons. The van der Waals surface area contributed by atoms with Gasteiger partial charge in [0.2, 0.25) is 11.7 Å². The molecule has 0 spiro atoms. The van der Waals surface area contributed by atoms with Crippen LogP contribution in [0.2, 0.25) is 0 Å². The number of ether oxygens (including phenoxy) is 1. The molecule has 4 rings (SSSR count). The molecule has 0 amide bonds. The molecule has 1 saturated carbocycles. The number of Topliss-reactive ketones (excluding diaryl/α,β-unsaturated/α-hetero) is 1. The number of nitrogens with one attached hydrogen (secondary N) is 1. The number of benzene rings is 1. The van der Waals surface area contributed by atoms with Gasteiger partial charge < -0.3 is 19.6 Å². The molecule has 0 atom stereocenters. The third kappa shape index (κ3) is 6.44. The molecule has 1 fully saturated rings. The number of carboxylic acid groups (broad SMARTS) is 1. The van der Waals surface area contributed by atoms with E-state index in [1.807, 2.05) is 24.3 Å². The van der Waals surface area contributed by atoms with Crippen molar-refractivity contribution >= 4 is 23.5 Å². The number of ketones is 1. The molecular weight excluding hydrogens is 448 g/mol. The van der Waals surface area contributed by atoms with Gasteiger partial charge in [-0.1, -0.05) is 44.1 Å². The fourth-order valence-electron chi connectivity index (χ4n) is 4.01. The average molecular weight is 479 g/mol. The second-order valence-corrected chi connectivity index (χ2v) is 9.90. The van der Waals surface area contributed by atoms with E-state index in [1.165, 1.54) is 5.56 Å². The molecule has 1 aliphatic carbocycles. The fraction of sp³-hybridized carbons (Fsp3) is 0.423. The van der Waals surface area contributed by atoms with Gasteiger partial charge in [0, 0.05) is 24.4 Å². The van der Waals surface area contributed by atoms with Crippen LogP contribution in [0, 0.1) is 5.92 Å². The highest BCUT2D eigenvalue weighted by Gasteiger charge is 2.27. The van der Waals surface area contributed by atoms with Crippen molar-refractivity contribution in [2.45, 2.75) is 64.4 Å². The molecule has 35 heavy (non-hydrogen) atoms. The number of rotatable bonds is 8. The molecule has 0 saturated heterocycles. The monoisotopic (exact) mass is 478 g/mol. The van der Waals surface area contributed by atoms with Crippen LogP contribution in [0.1, 0.15) is 68.3 Å². The number of anilines is 2. The maximum Gasteiger partial charge on any atom is 0.320 e. The molecule has 9 nitrogen and oxygen atoms in total. The minimum atomic E-state index is -0.741. The predicted molar refractivity (Wildman–Crippen MR) is 129 cm³/mol. The van der Waals surface area contributed by atoms with Gasteiger partial charge in [-0.2, -0.15) is 0 Å². The van der Waals surface area contributed by atoms with Crippen molar-refractivity contribution in [1.82, 2.24) is 15.2 Å². The standard InChI is InChI=1S/C26H30N4O5/c1-26(2,3)18-7-9-19(10-8-18)28-25-30-29-23(35-25)21(31)14-16-4-13-22(27-15-16)34-20-11-5-17(6-12-20)24(32)33/h4,7-10,13,15,17,20H,5-6,11-12,14H2,1-3H3,(H,28,30)(H,32,33). The third-order valence-electron chi connectivity index (χ3n) is 6.14. The number of hydrogen-bond donors (Lipinski definition) is 2. The Bertz CT molecular complexity index is 1160. The van der Waals surface area contributed by atoms with Crippen LogP contribution in [0.25, 0.3) is 0 Å². The van der Waals surface area contributed by atoms with E-state index in [-0.39, 0.29) is 41.5 Å². The summed E-state index contributed by atoms with van der Waals surface area (Å²) in [5, 5.41) is 19.9. The van der Waals surface area contributed by atoms with Gasteiger partial charge >= 0.3 is 12.0 Å². The number of hydrogen-bond acceptors (Lipinski definition) is 8. The van der Waals surface area contributed by atoms with E-state index >= 15 is 0 Å². The summed E-state index contributed by atoms with van der Waals surface area (Å²) in [6.45, 7) is 6.45. The van der Waals surface area contributed by atoms with E-state index in [4.69, 9.17) is 14.3 Å². The minimum Gasteiger partial charge on any atom is -0.481 e. The zero-order valence-corrected chi connectivity index (χ0v) is 20.2. The molecule has 3 aromatic rings. The Morgan fingerprint density at radius 2 is 1.77 bits per heavy atom. The van der Waals surface area contributed by atoms with E-state index in [0.717, 1.165) is 5.69 Å². The lowest BCUT2D eigenvalue weighted by Crippen LogP contribution is -2.28. The van der Waals surface area contributed by atoms with Crippen LogP contribution >= 0.6 is 0 Å². The predicted octanol–water partition coefficient (Wildman–Crippen LogP) is 4.95. The summed E-state index contributed by atoms with van der Waals surface area (Å²) in [5.41, 5.74) is 2.75. The lowest BCUT2D eigenvalue weighted by Gasteiger charge is -2.26. The van der Waals surface area contributed by atoms with E-state index in [9.17, 15) is 9.59 Å². The largest absolute Gasteiger partial charge is 0.481 e. The van der Waals surface area contributed by atoms with Gasteiger partial charge in [0.1, 0.15) is 6.10 Å². The van der Waals surface area contributed by atoms with Gasteiger partial charge in [-0.05, 0) is 54.4 Å². The average Bonchev–Trinajstić information content (AvgIpc) is 3.29. The smallest absolute Gasteiger partial charge is 0.320 e. The van der Waals surface area contributed by atoms with Gasteiger partial charge in [0.25, 0.3) is 5.89 Å². The van der Waals surface area contributed by atoms with E-state index in [1.54, 1.807) is 18.3 Å². The number of aromatic nitrogens is 3. The van der Waals surface area contributed by atoms with Gasteiger partial charge in [-0.3, -0.25) is 9.59 Å². The first kappa shape index (κ1) is 24.4. The van der Waals surface area contributed by atoms with E-state index in [0.29, 0.717) is 37.1 Å². The molecular formula is C26H30N4O5. The Labute approximate surface area is 203 Å². The molecule has 0 unspecified atom stereocenters. The number of carbonyl (C=O) groups is 2. The van der Waals surface area contributed by atoms with Crippen LogP contribution in [-0.4, -0.2) is 38.1 Å².